The molecule has 4 heteroatoms. The molecule has 4 nitrogen and oxygen atoms in total. The van der Waals surface area contributed by atoms with Crippen LogP contribution in [0.5, 0.6) is 5.75 Å². The van der Waals surface area contributed by atoms with Gasteiger partial charge in [0.2, 0.25) is 0 Å². The molecule has 1 heterocycles. The number of anilines is 1. The fraction of sp³-hybridized carbons (Fsp3) is 0.0870. The van der Waals surface area contributed by atoms with E-state index in [9.17, 15) is 10.4 Å². The van der Waals surface area contributed by atoms with Gasteiger partial charge in [0.15, 0.2) is 0 Å². The highest BCUT2D eigenvalue weighted by Crippen LogP contribution is 2.37. The van der Waals surface area contributed by atoms with Gasteiger partial charge in [0, 0.05) is 28.5 Å². The zero-order chi connectivity index (χ0) is 19.1. The molecular formula is C23H19N3O. The number of aromatic nitrogens is 1. The minimum absolute atomic E-state index is 0.227. The maximum Gasteiger partial charge on any atom is 0.115 e. The van der Waals surface area contributed by atoms with E-state index in [4.69, 9.17) is 5.73 Å². The number of nitrogens with zero attached hydrogens (tertiary/aromatic N) is 2. The van der Waals surface area contributed by atoms with Crippen LogP contribution < -0.4 is 5.73 Å². The summed E-state index contributed by atoms with van der Waals surface area (Å²) < 4.78 is 2.08. The largest absolute Gasteiger partial charge is 0.508 e. The maximum absolute atomic E-state index is 9.62. The molecule has 0 atom stereocenters. The van der Waals surface area contributed by atoms with Crippen LogP contribution in [0.1, 0.15) is 16.7 Å². The third-order valence-corrected chi connectivity index (χ3v) is 5.06. The average molecular weight is 353 g/mol. The Labute approximate surface area is 157 Å². The third kappa shape index (κ3) is 2.70. The number of hydrogen-bond donors (Lipinski definition) is 2. The summed E-state index contributed by atoms with van der Waals surface area (Å²) in [5.41, 5.74) is 13.5. The van der Waals surface area contributed by atoms with E-state index in [-0.39, 0.29) is 5.75 Å². The molecule has 132 valence electrons. The van der Waals surface area contributed by atoms with Crippen molar-refractivity contribution in [2.75, 3.05) is 5.73 Å². The van der Waals surface area contributed by atoms with Gasteiger partial charge in [-0.1, -0.05) is 12.1 Å². The summed E-state index contributed by atoms with van der Waals surface area (Å²) in [4.78, 5) is 0. The van der Waals surface area contributed by atoms with Crippen LogP contribution in [0.4, 0.5) is 5.69 Å². The summed E-state index contributed by atoms with van der Waals surface area (Å²) >= 11 is 0. The molecule has 0 saturated heterocycles. The lowest BCUT2D eigenvalue weighted by atomic mass is 9.97. The van der Waals surface area contributed by atoms with Gasteiger partial charge in [0.25, 0.3) is 0 Å². The van der Waals surface area contributed by atoms with E-state index in [1.807, 2.05) is 56.3 Å². The van der Waals surface area contributed by atoms with Crippen LogP contribution >= 0.6 is 0 Å². The number of hydrogen-bond acceptors (Lipinski definition) is 3. The topological polar surface area (TPSA) is 75.0 Å². The number of aryl methyl sites for hydroxylation is 1. The number of nitrogen functional groups attached to an aromatic ring is 1. The molecule has 3 aromatic carbocycles. The van der Waals surface area contributed by atoms with E-state index >= 15 is 0 Å². The normalized spacial score (nSPS) is 10.9. The molecule has 0 aliphatic carbocycles. The van der Waals surface area contributed by atoms with Crippen LogP contribution in [0.15, 0.2) is 60.8 Å². The smallest absolute Gasteiger partial charge is 0.115 e. The highest BCUT2D eigenvalue weighted by atomic mass is 16.3. The van der Waals surface area contributed by atoms with Crippen LogP contribution in [0.25, 0.3) is 27.7 Å². The number of aromatic hydroxyl groups is 1. The first-order valence-corrected chi connectivity index (χ1v) is 8.70. The first-order chi connectivity index (χ1) is 13.0. The standard InChI is InChI=1S/C23H19N3O/c1-14-10-23-20(11-16(14)12-24)21(19-4-3-5-22(25)15(19)2)13-26(23)17-6-8-18(27)9-7-17/h3-11,13,27H,25H2,1-2H3. The van der Waals surface area contributed by atoms with E-state index in [2.05, 4.69) is 16.8 Å². The molecule has 0 aliphatic rings. The second kappa shape index (κ2) is 6.22. The first kappa shape index (κ1) is 16.7. The molecule has 0 bridgehead atoms. The van der Waals surface area contributed by atoms with Gasteiger partial charge >= 0.3 is 0 Å². The minimum atomic E-state index is 0.227. The number of nitriles is 1. The van der Waals surface area contributed by atoms with Crippen molar-refractivity contribution >= 4 is 16.6 Å². The number of nitrogens with two attached hydrogens (primary N) is 1. The molecule has 0 unspecified atom stereocenters. The molecule has 0 amide bonds. The lowest BCUT2D eigenvalue weighted by Crippen LogP contribution is -1.92. The van der Waals surface area contributed by atoms with Crippen molar-refractivity contribution in [2.24, 2.45) is 0 Å². The summed E-state index contributed by atoms with van der Waals surface area (Å²) in [5, 5.41) is 20.1. The predicted octanol–water partition coefficient (Wildman–Crippen LogP) is 5.07. The van der Waals surface area contributed by atoms with E-state index in [0.717, 1.165) is 44.5 Å². The summed E-state index contributed by atoms with van der Waals surface area (Å²) in [6, 6.07) is 19.2. The number of rotatable bonds is 2. The van der Waals surface area contributed by atoms with Crippen LogP contribution in [-0.2, 0) is 0 Å². The van der Waals surface area contributed by atoms with Crippen molar-refractivity contribution in [3.63, 3.8) is 0 Å². The summed E-state index contributed by atoms with van der Waals surface area (Å²) in [5.74, 6) is 0.227. The lowest BCUT2D eigenvalue weighted by Gasteiger charge is -2.07. The number of phenols is 1. The fourth-order valence-corrected chi connectivity index (χ4v) is 3.48. The molecule has 0 saturated carbocycles. The Balaban J connectivity index is 2.09. The Morgan fingerprint density at radius 2 is 1.74 bits per heavy atom. The van der Waals surface area contributed by atoms with E-state index in [1.165, 1.54) is 0 Å². The zero-order valence-electron chi connectivity index (χ0n) is 15.2. The van der Waals surface area contributed by atoms with Crippen molar-refractivity contribution in [1.82, 2.24) is 4.57 Å². The lowest BCUT2D eigenvalue weighted by molar-refractivity contribution is 0.475. The van der Waals surface area contributed by atoms with Gasteiger partial charge in [-0.2, -0.15) is 5.26 Å². The molecule has 3 N–H and O–H groups in total. The Kier molecular flexibility index (Phi) is 3.86. The molecule has 0 aliphatic heterocycles. The van der Waals surface area contributed by atoms with Crippen molar-refractivity contribution in [2.45, 2.75) is 13.8 Å². The molecule has 0 spiro atoms. The van der Waals surface area contributed by atoms with E-state index in [0.29, 0.717) is 5.56 Å². The number of phenolic OH excluding ortho intramolecular Hbond substituents is 1. The molecule has 4 aromatic rings. The number of fused-ring (bicyclic) bond motifs is 1. The quantitative estimate of drug-likeness (QED) is 0.494. The molecule has 27 heavy (non-hydrogen) atoms. The van der Waals surface area contributed by atoms with Crippen molar-refractivity contribution in [1.29, 1.82) is 5.26 Å². The highest BCUT2D eigenvalue weighted by molar-refractivity contribution is 5.99. The number of benzene rings is 3. The zero-order valence-corrected chi connectivity index (χ0v) is 15.2. The van der Waals surface area contributed by atoms with Gasteiger partial charge in [0.1, 0.15) is 5.75 Å². The minimum Gasteiger partial charge on any atom is -0.508 e. The third-order valence-electron chi connectivity index (χ3n) is 5.06. The Hall–Kier alpha value is -3.71. The summed E-state index contributed by atoms with van der Waals surface area (Å²) in [7, 11) is 0. The summed E-state index contributed by atoms with van der Waals surface area (Å²) in [6.45, 7) is 3.95. The van der Waals surface area contributed by atoms with Gasteiger partial charge in [0.05, 0.1) is 17.1 Å². The molecule has 0 radical (unpaired) electrons. The molecule has 4 rings (SSSR count). The van der Waals surface area contributed by atoms with E-state index < -0.39 is 0 Å². The molecule has 1 aromatic heterocycles. The predicted molar refractivity (Wildman–Crippen MR) is 109 cm³/mol. The van der Waals surface area contributed by atoms with Crippen molar-refractivity contribution < 1.29 is 5.11 Å². The summed E-state index contributed by atoms with van der Waals surface area (Å²) in [6.07, 6.45) is 2.07. The Bertz CT molecular complexity index is 1210. The fourth-order valence-electron chi connectivity index (χ4n) is 3.48. The van der Waals surface area contributed by atoms with Gasteiger partial charge in [-0.25, -0.2) is 0 Å². The Morgan fingerprint density at radius 1 is 1.00 bits per heavy atom. The SMILES string of the molecule is Cc1cc2c(cc1C#N)c(-c1cccc(N)c1C)cn2-c1ccc(O)cc1. The first-order valence-electron chi connectivity index (χ1n) is 8.70. The van der Waals surface area contributed by atoms with Gasteiger partial charge < -0.3 is 15.4 Å². The highest BCUT2D eigenvalue weighted by Gasteiger charge is 2.16. The average Bonchev–Trinajstić information content (AvgIpc) is 3.02. The van der Waals surface area contributed by atoms with Crippen molar-refractivity contribution in [3.05, 3.63) is 77.5 Å². The van der Waals surface area contributed by atoms with Gasteiger partial charge in [-0.15, -0.1) is 0 Å². The van der Waals surface area contributed by atoms with Crippen molar-refractivity contribution in [3.8, 4) is 28.6 Å². The second-order valence-corrected chi connectivity index (χ2v) is 6.75. The second-order valence-electron chi connectivity index (χ2n) is 6.75. The maximum atomic E-state index is 9.62. The Morgan fingerprint density at radius 3 is 2.44 bits per heavy atom. The molecular weight excluding hydrogens is 334 g/mol. The van der Waals surface area contributed by atoms with Crippen LogP contribution in [0.2, 0.25) is 0 Å². The van der Waals surface area contributed by atoms with Gasteiger partial charge in [-0.05, 0) is 73.0 Å². The van der Waals surface area contributed by atoms with Gasteiger partial charge in [-0.3, -0.25) is 0 Å². The van der Waals surface area contributed by atoms with Crippen LogP contribution in [-0.4, -0.2) is 9.67 Å². The van der Waals surface area contributed by atoms with E-state index in [1.54, 1.807) is 12.1 Å². The molecule has 0 fully saturated rings. The van der Waals surface area contributed by atoms with Crippen LogP contribution in [0, 0.1) is 25.2 Å². The van der Waals surface area contributed by atoms with Crippen LogP contribution in [0.3, 0.4) is 0 Å². The monoisotopic (exact) mass is 353 g/mol.